The lowest BCUT2D eigenvalue weighted by atomic mass is 9.29. The van der Waals surface area contributed by atoms with E-state index in [1.807, 2.05) is 0 Å². The first-order valence-electron chi connectivity index (χ1n) is 9.42. The summed E-state index contributed by atoms with van der Waals surface area (Å²) in [5, 5.41) is 12.1. The summed E-state index contributed by atoms with van der Waals surface area (Å²) in [5.41, 5.74) is 0.999. The Hall–Kier alpha value is -0.0831. The van der Waals surface area contributed by atoms with E-state index in [9.17, 15) is 5.11 Å². The van der Waals surface area contributed by atoms with Crippen LogP contribution in [0, 0.1) is 34.0 Å². The van der Waals surface area contributed by atoms with E-state index < -0.39 is 13.7 Å². The molecule has 0 radical (unpaired) electrons. The van der Waals surface area contributed by atoms with Crippen molar-refractivity contribution in [2.24, 2.45) is 34.0 Å². The molecule has 0 spiro atoms. The molecule has 0 aliphatic heterocycles. The van der Waals surface area contributed by atoms with Gasteiger partial charge in [-0.05, 0) is 41.0 Å². The molecular formula is C21H40OSi. The van der Waals surface area contributed by atoms with Gasteiger partial charge >= 0.3 is 0 Å². The summed E-state index contributed by atoms with van der Waals surface area (Å²) in [6.45, 7) is 28.2. The van der Waals surface area contributed by atoms with Crippen molar-refractivity contribution in [2.75, 3.05) is 0 Å². The van der Waals surface area contributed by atoms with Gasteiger partial charge in [0.25, 0.3) is 0 Å². The molecule has 3 fully saturated rings. The van der Waals surface area contributed by atoms with Crippen LogP contribution in [-0.4, -0.2) is 18.8 Å². The molecule has 0 aromatic rings. The van der Waals surface area contributed by atoms with Crippen LogP contribution in [0.25, 0.3) is 0 Å². The van der Waals surface area contributed by atoms with Crippen LogP contribution >= 0.6 is 0 Å². The summed E-state index contributed by atoms with van der Waals surface area (Å²) in [5.74, 6) is 1.35. The Bertz CT molecular complexity index is 505. The lowest BCUT2D eigenvalue weighted by molar-refractivity contribution is -0.266. The van der Waals surface area contributed by atoms with Gasteiger partial charge in [-0.2, -0.15) is 0 Å². The Kier molecular flexibility index (Phi) is 4.16. The van der Waals surface area contributed by atoms with Crippen LogP contribution in [0.15, 0.2) is 12.2 Å². The highest BCUT2D eigenvalue weighted by Crippen LogP contribution is 2.79. The van der Waals surface area contributed by atoms with Crippen molar-refractivity contribution < 1.29 is 5.11 Å². The molecule has 2 bridgehead atoms. The van der Waals surface area contributed by atoms with E-state index in [1.54, 1.807) is 0 Å². The normalized spacial score (nSPS) is 40.3. The Labute approximate surface area is 146 Å². The minimum atomic E-state index is -1.34. The van der Waals surface area contributed by atoms with Gasteiger partial charge in [-0.15, -0.1) is 0 Å². The van der Waals surface area contributed by atoms with Crippen molar-refractivity contribution in [1.29, 1.82) is 0 Å². The van der Waals surface area contributed by atoms with Gasteiger partial charge in [0.15, 0.2) is 0 Å². The first kappa shape index (κ1) is 19.2. The fourth-order valence-electron chi connectivity index (χ4n) is 6.47. The van der Waals surface area contributed by atoms with E-state index in [1.165, 1.54) is 11.6 Å². The fourth-order valence-corrected chi connectivity index (χ4v) is 8.90. The van der Waals surface area contributed by atoms with E-state index in [2.05, 4.69) is 74.7 Å². The Morgan fingerprint density at radius 1 is 1.22 bits per heavy atom. The van der Waals surface area contributed by atoms with Crippen LogP contribution < -0.4 is 0 Å². The van der Waals surface area contributed by atoms with Gasteiger partial charge in [0.05, 0.1) is 5.60 Å². The molecule has 3 unspecified atom stereocenters. The van der Waals surface area contributed by atoms with E-state index in [0.717, 1.165) is 6.42 Å². The van der Waals surface area contributed by atoms with Gasteiger partial charge in [0, 0.05) is 13.5 Å². The average Bonchev–Trinajstić information content (AvgIpc) is 2.26. The molecule has 3 rings (SSSR count). The van der Waals surface area contributed by atoms with E-state index >= 15 is 0 Å². The second kappa shape index (κ2) is 4.97. The second-order valence-electron chi connectivity index (χ2n) is 11.8. The first-order valence-corrected chi connectivity index (χ1v) is 13.1. The molecule has 1 nitrogen and oxygen atoms in total. The molecule has 1 N–H and O–H groups in total. The maximum absolute atomic E-state index is 12.1. The smallest absolute Gasteiger partial charge is 0.0769 e. The zero-order valence-corrected chi connectivity index (χ0v) is 18.3. The molecule has 0 saturated heterocycles. The van der Waals surface area contributed by atoms with Crippen molar-refractivity contribution in [2.45, 2.75) is 86.2 Å². The van der Waals surface area contributed by atoms with Gasteiger partial charge in [0.2, 0.25) is 0 Å². The molecule has 3 aliphatic rings. The third-order valence-corrected chi connectivity index (χ3v) is 8.47. The molecule has 3 aliphatic carbocycles. The minimum absolute atomic E-state index is 0.0793. The van der Waals surface area contributed by atoms with Gasteiger partial charge < -0.3 is 5.11 Å². The second-order valence-corrected chi connectivity index (χ2v) is 17.3. The fraction of sp³-hybridized carbons (Fsp3) is 0.905. The monoisotopic (exact) mass is 336 g/mol. The van der Waals surface area contributed by atoms with Gasteiger partial charge in [-0.25, -0.2) is 0 Å². The SMILES string of the molecule is C=C1C2C(C(C)(C)C)C1(C[Si](C)(C)C)[C@@](O)(C(C)C)CC2(C)C. The largest absolute Gasteiger partial charge is 0.389 e. The quantitative estimate of drug-likeness (QED) is 0.497. The van der Waals surface area contributed by atoms with Crippen LogP contribution in [0.1, 0.15) is 54.9 Å². The molecule has 0 heterocycles. The molecule has 0 aromatic heterocycles. The molecule has 134 valence electrons. The summed E-state index contributed by atoms with van der Waals surface area (Å²) >= 11 is 0. The summed E-state index contributed by atoms with van der Waals surface area (Å²) < 4.78 is 0. The predicted molar refractivity (Wildman–Crippen MR) is 104 cm³/mol. The van der Waals surface area contributed by atoms with Crippen molar-refractivity contribution in [3.63, 3.8) is 0 Å². The van der Waals surface area contributed by atoms with Crippen LogP contribution in [-0.2, 0) is 0 Å². The molecule has 4 atom stereocenters. The molecule has 2 heteroatoms. The van der Waals surface area contributed by atoms with Crippen molar-refractivity contribution in [1.82, 2.24) is 0 Å². The minimum Gasteiger partial charge on any atom is -0.389 e. The number of fused-ring (bicyclic) bond motifs is 2. The third kappa shape index (κ3) is 2.50. The molecular weight excluding hydrogens is 296 g/mol. The summed E-state index contributed by atoms with van der Waals surface area (Å²) in [6, 6.07) is 1.17. The lowest BCUT2D eigenvalue weighted by Crippen LogP contribution is -2.76. The molecule has 0 amide bonds. The van der Waals surface area contributed by atoms with Crippen LogP contribution in [0.3, 0.4) is 0 Å². The highest BCUT2D eigenvalue weighted by Gasteiger charge is 2.76. The van der Waals surface area contributed by atoms with Crippen LogP contribution in [0.2, 0.25) is 25.7 Å². The zero-order valence-electron chi connectivity index (χ0n) is 17.3. The lowest BCUT2D eigenvalue weighted by Gasteiger charge is -2.77. The summed E-state index contributed by atoms with van der Waals surface area (Å²) in [6.07, 6.45) is 0.915. The van der Waals surface area contributed by atoms with Crippen molar-refractivity contribution in [3.8, 4) is 0 Å². The standard InChI is InChI=1S/C21H40OSi/c1-14(2)21(22)12-19(7,8)16-15(3)20(21,13-23(9,10)11)17(16)18(4,5)6/h14,16-17,22H,3,12-13H2,1-2,4-11H3/t16?,17?,20?,21-/m0/s1. The highest BCUT2D eigenvalue weighted by atomic mass is 28.3. The first-order chi connectivity index (χ1) is 10.0. The Balaban J connectivity index is 2.71. The zero-order chi connectivity index (χ0) is 18.2. The molecule has 3 saturated carbocycles. The number of aliphatic hydroxyl groups is 1. The number of hydrogen-bond acceptors (Lipinski definition) is 1. The highest BCUT2D eigenvalue weighted by molar-refractivity contribution is 6.76. The number of hydrogen-bond donors (Lipinski definition) is 1. The third-order valence-electron chi connectivity index (χ3n) is 6.85. The van der Waals surface area contributed by atoms with Crippen LogP contribution in [0.4, 0.5) is 0 Å². The van der Waals surface area contributed by atoms with Crippen molar-refractivity contribution in [3.05, 3.63) is 12.2 Å². The van der Waals surface area contributed by atoms with Gasteiger partial charge in [-0.1, -0.05) is 80.3 Å². The topological polar surface area (TPSA) is 20.2 Å². The summed E-state index contributed by atoms with van der Waals surface area (Å²) in [7, 11) is -1.34. The van der Waals surface area contributed by atoms with E-state index in [0.29, 0.717) is 11.8 Å². The van der Waals surface area contributed by atoms with E-state index in [4.69, 9.17) is 0 Å². The average molecular weight is 337 g/mol. The van der Waals surface area contributed by atoms with Crippen molar-refractivity contribution >= 4 is 8.07 Å². The van der Waals surface area contributed by atoms with E-state index in [-0.39, 0.29) is 22.2 Å². The summed E-state index contributed by atoms with van der Waals surface area (Å²) in [4.78, 5) is 0. The van der Waals surface area contributed by atoms with Gasteiger partial charge in [-0.3, -0.25) is 0 Å². The Morgan fingerprint density at radius 3 is 2.04 bits per heavy atom. The number of rotatable bonds is 3. The maximum Gasteiger partial charge on any atom is 0.0769 e. The molecule has 23 heavy (non-hydrogen) atoms. The molecule has 0 aromatic carbocycles. The van der Waals surface area contributed by atoms with Gasteiger partial charge in [0.1, 0.15) is 0 Å². The Morgan fingerprint density at radius 2 is 1.70 bits per heavy atom. The maximum atomic E-state index is 12.1. The van der Waals surface area contributed by atoms with Crippen LogP contribution in [0.5, 0.6) is 0 Å². The predicted octanol–water partition coefficient (Wildman–Crippen LogP) is 5.98.